The van der Waals surface area contributed by atoms with E-state index < -0.39 is 0 Å². The minimum Gasteiger partial charge on any atom is -0.355 e. The van der Waals surface area contributed by atoms with Gasteiger partial charge in [0.2, 0.25) is 0 Å². The van der Waals surface area contributed by atoms with Crippen LogP contribution < -0.4 is 11.1 Å². The van der Waals surface area contributed by atoms with Crippen LogP contribution in [-0.2, 0) is 0 Å². The molecule has 3 N–H and O–H groups in total. The van der Waals surface area contributed by atoms with Gasteiger partial charge in [-0.15, -0.1) is 12.4 Å². The van der Waals surface area contributed by atoms with E-state index in [-0.39, 0.29) is 24.4 Å². The third-order valence-electron chi connectivity index (χ3n) is 3.96. The van der Waals surface area contributed by atoms with Crippen LogP contribution in [0.2, 0.25) is 0 Å². The van der Waals surface area contributed by atoms with E-state index >= 15 is 0 Å². The molecule has 1 saturated heterocycles. The van der Waals surface area contributed by atoms with Gasteiger partial charge in [-0.25, -0.2) is 0 Å². The lowest BCUT2D eigenvalue weighted by Gasteiger charge is -2.31. The fourth-order valence-electron chi connectivity index (χ4n) is 2.82. The lowest BCUT2D eigenvalue weighted by molar-refractivity contribution is 0.0710. The number of piperidine rings is 1. The van der Waals surface area contributed by atoms with Crippen LogP contribution in [0.5, 0.6) is 0 Å². The van der Waals surface area contributed by atoms with Crippen molar-refractivity contribution in [3.63, 3.8) is 0 Å². The molecular weight excluding hydrogens is 310 g/mol. The van der Waals surface area contributed by atoms with Gasteiger partial charge >= 0.3 is 0 Å². The number of carbonyl (C=O) groups is 1. The van der Waals surface area contributed by atoms with E-state index in [1.54, 1.807) is 0 Å². The van der Waals surface area contributed by atoms with Gasteiger partial charge in [0.05, 0.1) is 11.3 Å². The van der Waals surface area contributed by atoms with Crippen LogP contribution in [0.4, 0.5) is 11.4 Å². The largest absolute Gasteiger partial charge is 0.355 e. The molecule has 1 amide bonds. The number of likely N-dealkylation sites (tertiary alicyclic amines) is 1. The number of amides is 1. The van der Waals surface area contributed by atoms with Gasteiger partial charge in [-0.3, -0.25) is 4.79 Å². The lowest BCUT2D eigenvalue weighted by atomic mass is 10.0. The normalized spacial score (nSPS) is 17.3. The Morgan fingerprint density at radius 1 is 1.09 bits per heavy atom. The van der Waals surface area contributed by atoms with Crippen molar-refractivity contribution in [2.75, 3.05) is 18.4 Å². The standard InChI is InChI=1S/C18H21N3O.ClH/c19-14-7-6-12-21(13-14)18(22)16-10-4-5-11-17(16)20-15-8-2-1-3-9-15;/h1-5,8-11,14,20H,6-7,12-13,19H2;1H. The van der Waals surface area contributed by atoms with Crippen molar-refractivity contribution in [2.24, 2.45) is 5.73 Å². The fraction of sp³-hybridized carbons (Fsp3) is 0.278. The molecule has 4 nitrogen and oxygen atoms in total. The van der Waals surface area contributed by atoms with E-state index in [1.807, 2.05) is 59.5 Å². The van der Waals surface area contributed by atoms with Gasteiger partial charge in [0.1, 0.15) is 0 Å². The predicted octanol–water partition coefficient (Wildman–Crippen LogP) is 3.42. The summed E-state index contributed by atoms with van der Waals surface area (Å²) in [6.07, 6.45) is 1.97. The van der Waals surface area contributed by atoms with Gasteiger partial charge in [-0.05, 0) is 37.1 Å². The number of nitrogens with zero attached hydrogens (tertiary/aromatic N) is 1. The van der Waals surface area contributed by atoms with E-state index in [2.05, 4.69) is 5.32 Å². The van der Waals surface area contributed by atoms with Gasteiger partial charge in [-0.1, -0.05) is 30.3 Å². The van der Waals surface area contributed by atoms with Crippen LogP contribution in [0.25, 0.3) is 0 Å². The highest BCUT2D eigenvalue weighted by Crippen LogP contribution is 2.23. The van der Waals surface area contributed by atoms with Crippen molar-refractivity contribution in [1.82, 2.24) is 4.90 Å². The molecule has 1 heterocycles. The first-order chi connectivity index (χ1) is 10.7. The Labute approximate surface area is 143 Å². The van der Waals surface area contributed by atoms with Gasteiger partial charge in [0, 0.05) is 24.8 Å². The molecule has 1 fully saturated rings. The summed E-state index contributed by atoms with van der Waals surface area (Å²) in [5, 5.41) is 3.32. The summed E-state index contributed by atoms with van der Waals surface area (Å²) in [5.41, 5.74) is 8.49. The lowest BCUT2D eigenvalue weighted by Crippen LogP contribution is -2.45. The SMILES string of the molecule is Cl.NC1CCCN(C(=O)c2ccccc2Nc2ccccc2)C1. The molecular formula is C18H22ClN3O. The third-order valence-corrected chi connectivity index (χ3v) is 3.96. The van der Waals surface area contributed by atoms with Gasteiger partial charge < -0.3 is 16.0 Å². The van der Waals surface area contributed by atoms with Gasteiger partial charge in [0.15, 0.2) is 0 Å². The maximum absolute atomic E-state index is 12.8. The molecule has 1 atom stereocenters. The Morgan fingerprint density at radius 2 is 1.78 bits per heavy atom. The van der Waals surface area contributed by atoms with Crippen LogP contribution in [0, 0.1) is 0 Å². The predicted molar refractivity (Wildman–Crippen MR) is 96.5 cm³/mol. The molecule has 1 aliphatic rings. The number of nitrogens with one attached hydrogen (secondary N) is 1. The minimum atomic E-state index is 0. The Morgan fingerprint density at radius 3 is 2.52 bits per heavy atom. The Bertz CT molecular complexity index is 648. The molecule has 122 valence electrons. The highest BCUT2D eigenvalue weighted by Gasteiger charge is 2.23. The molecule has 3 rings (SSSR count). The number of halogens is 1. The summed E-state index contributed by atoms with van der Waals surface area (Å²) < 4.78 is 0. The monoisotopic (exact) mass is 331 g/mol. The highest BCUT2D eigenvalue weighted by atomic mass is 35.5. The van der Waals surface area contributed by atoms with E-state index in [0.717, 1.165) is 30.8 Å². The van der Waals surface area contributed by atoms with Crippen LogP contribution in [0.3, 0.4) is 0 Å². The van der Waals surface area contributed by atoms with Crippen LogP contribution in [-0.4, -0.2) is 29.9 Å². The quantitative estimate of drug-likeness (QED) is 0.906. The number of anilines is 2. The molecule has 0 saturated carbocycles. The first kappa shape index (κ1) is 17.3. The average Bonchev–Trinajstić information content (AvgIpc) is 2.56. The molecule has 2 aromatic rings. The van der Waals surface area contributed by atoms with Crippen LogP contribution >= 0.6 is 12.4 Å². The van der Waals surface area contributed by atoms with Crippen molar-refractivity contribution < 1.29 is 4.79 Å². The molecule has 5 heteroatoms. The molecule has 0 spiro atoms. The molecule has 0 aliphatic carbocycles. The summed E-state index contributed by atoms with van der Waals surface area (Å²) in [6.45, 7) is 1.42. The van der Waals surface area contributed by atoms with E-state index in [1.165, 1.54) is 0 Å². The third kappa shape index (κ3) is 4.24. The fourth-order valence-corrected chi connectivity index (χ4v) is 2.82. The molecule has 0 aromatic heterocycles. The van der Waals surface area contributed by atoms with Crippen molar-refractivity contribution >= 4 is 29.7 Å². The Balaban J connectivity index is 0.00000192. The van der Waals surface area contributed by atoms with Crippen LogP contribution in [0.1, 0.15) is 23.2 Å². The second-order valence-electron chi connectivity index (χ2n) is 5.69. The Kier molecular flexibility index (Phi) is 6.02. The second-order valence-corrected chi connectivity index (χ2v) is 5.69. The molecule has 23 heavy (non-hydrogen) atoms. The number of hydrogen-bond acceptors (Lipinski definition) is 3. The van der Waals surface area contributed by atoms with E-state index in [9.17, 15) is 4.79 Å². The number of hydrogen-bond donors (Lipinski definition) is 2. The summed E-state index contributed by atoms with van der Waals surface area (Å²) >= 11 is 0. The van der Waals surface area contributed by atoms with Crippen molar-refractivity contribution in [3.05, 3.63) is 60.2 Å². The average molecular weight is 332 g/mol. The summed E-state index contributed by atoms with van der Waals surface area (Å²) in [6, 6.07) is 17.6. The van der Waals surface area contributed by atoms with Crippen molar-refractivity contribution in [3.8, 4) is 0 Å². The maximum atomic E-state index is 12.8. The zero-order chi connectivity index (χ0) is 15.4. The molecule has 0 bridgehead atoms. The number of rotatable bonds is 3. The summed E-state index contributed by atoms with van der Waals surface area (Å²) in [5.74, 6) is 0.0502. The van der Waals surface area contributed by atoms with Crippen molar-refractivity contribution in [1.29, 1.82) is 0 Å². The topological polar surface area (TPSA) is 58.4 Å². The van der Waals surface area contributed by atoms with Gasteiger partial charge in [0.25, 0.3) is 5.91 Å². The number of para-hydroxylation sites is 2. The first-order valence-corrected chi connectivity index (χ1v) is 7.70. The first-order valence-electron chi connectivity index (χ1n) is 7.70. The van der Waals surface area contributed by atoms with E-state index in [0.29, 0.717) is 12.1 Å². The summed E-state index contributed by atoms with van der Waals surface area (Å²) in [4.78, 5) is 14.6. The molecule has 1 unspecified atom stereocenters. The molecule has 2 aromatic carbocycles. The zero-order valence-corrected chi connectivity index (χ0v) is 13.8. The maximum Gasteiger partial charge on any atom is 0.256 e. The van der Waals surface area contributed by atoms with E-state index in [4.69, 9.17) is 5.73 Å². The molecule has 0 radical (unpaired) electrons. The summed E-state index contributed by atoms with van der Waals surface area (Å²) in [7, 11) is 0. The number of carbonyl (C=O) groups excluding carboxylic acids is 1. The smallest absolute Gasteiger partial charge is 0.256 e. The molecule has 1 aliphatic heterocycles. The highest BCUT2D eigenvalue weighted by molar-refractivity contribution is 6.00. The number of nitrogens with two attached hydrogens (primary N) is 1. The second kappa shape index (κ2) is 7.99. The minimum absolute atomic E-state index is 0. The number of benzene rings is 2. The van der Waals surface area contributed by atoms with Crippen molar-refractivity contribution in [2.45, 2.75) is 18.9 Å². The van der Waals surface area contributed by atoms with Crippen LogP contribution in [0.15, 0.2) is 54.6 Å². The van der Waals surface area contributed by atoms with Gasteiger partial charge in [-0.2, -0.15) is 0 Å². The Hall–Kier alpha value is -2.04. The zero-order valence-electron chi connectivity index (χ0n) is 12.9.